The molecule has 0 fully saturated rings. The van der Waals surface area contributed by atoms with E-state index in [1.165, 1.54) is 11.8 Å². The van der Waals surface area contributed by atoms with Crippen LogP contribution >= 0.6 is 11.8 Å². The van der Waals surface area contributed by atoms with Gasteiger partial charge in [-0.3, -0.25) is 9.48 Å². The first kappa shape index (κ1) is 12.1. The number of aliphatic carboxylic acids is 1. The maximum Gasteiger partial charge on any atom is 0.313 e. The van der Waals surface area contributed by atoms with Crippen LogP contribution in [0, 0.1) is 0 Å². The molecule has 1 aromatic heterocycles. The molecule has 0 atom stereocenters. The van der Waals surface area contributed by atoms with E-state index in [2.05, 4.69) is 25.9 Å². The Morgan fingerprint density at radius 3 is 2.60 bits per heavy atom. The van der Waals surface area contributed by atoms with E-state index in [4.69, 9.17) is 5.11 Å². The smallest absolute Gasteiger partial charge is 0.313 e. The summed E-state index contributed by atoms with van der Waals surface area (Å²) in [5.74, 6) is -0.734. The molecule has 0 bridgehead atoms. The van der Waals surface area contributed by atoms with Gasteiger partial charge in [0, 0.05) is 12.5 Å². The lowest BCUT2D eigenvalue weighted by Gasteiger charge is -2.13. The molecule has 0 radical (unpaired) electrons. The van der Waals surface area contributed by atoms with Gasteiger partial charge in [0.25, 0.3) is 0 Å². The lowest BCUT2D eigenvalue weighted by Crippen LogP contribution is -2.12. The van der Waals surface area contributed by atoms with Gasteiger partial charge in [-0.15, -0.1) is 0 Å². The van der Waals surface area contributed by atoms with Crippen molar-refractivity contribution in [3.8, 4) is 0 Å². The lowest BCUT2D eigenvalue weighted by atomic mass is 9.93. The molecular weight excluding hydrogens is 212 g/mol. The van der Waals surface area contributed by atoms with E-state index >= 15 is 0 Å². The normalized spacial score (nSPS) is 11.7. The van der Waals surface area contributed by atoms with Gasteiger partial charge >= 0.3 is 5.97 Å². The molecule has 0 aliphatic rings. The molecule has 15 heavy (non-hydrogen) atoms. The van der Waals surface area contributed by atoms with Crippen molar-refractivity contribution >= 4 is 17.7 Å². The van der Waals surface area contributed by atoms with Gasteiger partial charge in [-0.25, -0.2) is 0 Å². The van der Waals surface area contributed by atoms with Gasteiger partial charge in [-0.05, 0) is 6.07 Å². The van der Waals surface area contributed by atoms with Crippen molar-refractivity contribution in [2.24, 2.45) is 7.05 Å². The van der Waals surface area contributed by atoms with Gasteiger partial charge in [0.1, 0.15) is 0 Å². The predicted octanol–water partition coefficient (Wildman–Crippen LogP) is 1.89. The van der Waals surface area contributed by atoms with Crippen LogP contribution in [0.1, 0.15) is 26.5 Å². The summed E-state index contributed by atoms with van der Waals surface area (Å²) in [5, 5.41) is 13.8. The van der Waals surface area contributed by atoms with Crippen LogP contribution in [-0.2, 0) is 17.3 Å². The summed E-state index contributed by atoms with van der Waals surface area (Å²) >= 11 is 1.29. The highest BCUT2D eigenvalue weighted by atomic mass is 32.2. The van der Waals surface area contributed by atoms with Crippen LogP contribution in [0.3, 0.4) is 0 Å². The van der Waals surface area contributed by atoms with Crippen molar-refractivity contribution in [1.29, 1.82) is 0 Å². The second-order valence-corrected chi connectivity index (χ2v) is 5.42. The van der Waals surface area contributed by atoms with Crippen LogP contribution in [0.15, 0.2) is 11.1 Å². The number of aryl methyl sites for hydroxylation is 1. The molecular formula is C10H16N2O2S. The van der Waals surface area contributed by atoms with Crippen molar-refractivity contribution in [2.45, 2.75) is 31.2 Å². The van der Waals surface area contributed by atoms with Crippen molar-refractivity contribution in [3.05, 3.63) is 11.8 Å². The number of nitrogens with zero attached hydrogens (tertiary/aromatic N) is 2. The molecule has 0 aromatic carbocycles. The molecule has 0 aliphatic carbocycles. The number of aromatic nitrogens is 2. The first-order valence-electron chi connectivity index (χ1n) is 4.70. The predicted molar refractivity (Wildman–Crippen MR) is 60.3 cm³/mol. The Kier molecular flexibility index (Phi) is 3.44. The maximum absolute atomic E-state index is 10.4. The summed E-state index contributed by atoms with van der Waals surface area (Å²) in [6.07, 6.45) is 0. The molecule has 1 aromatic rings. The van der Waals surface area contributed by atoms with Crippen LogP contribution in [0.2, 0.25) is 0 Å². The van der Waals surface area contributed by atoms with E-state index in [1.54, 1.807) is 4.68 Å². The molecule has 5 heteroatoms. The van der Waals surface area contributed by atoms with Gasteiger partial charge in [-0.1, -0.05) is 32.5 Å². The van der Waals surface area contributed by atoms with Crippen LogP contribution < -0.4 is 0 Å². The van der Waals surface area contributed by atoms with Gasteiger partial charge in [0.2, 0.25) is 0 Å². The first-order chi connectivity index (χ1) is 6.80. The summed E-state index contributed by atoms with van der Waals surface area (Å²) < 4.78 is 1.73. The average Bonchev–Trinajstić information content (AvgIpc) is 2.42. The molecule has 1 rings (SSSR count). The quantitative estimate of drug-likeness (QED) is 0.803. The van der Waals surface area contributed by atoms with E-state index in [0.29, 0.717) is 0 Å². The Morgan fingerprint density at radius 2 is 2.20 bits per heavy atom. The standard InChI is InChI=1S/C10H16N2O2S/c1-10(2,3)7-5-8(12(4)11-7)15-6-9(13)14/h5H,6H2,1-4H3,(H,13,14). The minimum Gasteiger partial charge on any atom is -0.481 e. The van der Waals surface area contributed by atoms with E-state index in [0.717, 1.165) is 10.7 Å². The average molecular weight is 228 g/mol. The zero-order chi connectivity index (χ0) is 11.6. The number of thioether (sulfide) groups is 1. The maximum atomic E-state index is 10.4. The Hall–Kier alpha value is -0.970. The van der Waals surface area contributed by atoms with Crippen LogP contribution in [0.4, 0.5) is 0 Å². The largest absolute Gasteiger partial charge is 0.481 e. The van der Waals surface area contributed by atoms with E-state index in [-0.39, 0.29) is 11.2 Å². The molecule has 84 valence electrons. The van der Waals surface area contributed by atoms with Gasteiger partial charge in [0.15, 0.2) is 0 Å². The van der Waals surface area contributed by atoms with Gasteiger partial charge in [-0.2, -0.15) is 5.10 Å². The number of hydrogen-bond donors (Lipinski definition) is 1. The molecule has 4 nitrogen and oxygen atoms in total. The fourth-order valence-corrected chi connectivity index (χ4v) is 1.78. The van der Waals surface area contributed by atoms with Crippen LogP contribution in [0.5, 0.6) is 0 Å². The minimum atomic E-state index is -0.807. The fraction of sp³-hybridized carbons (Fsp3) is 0.600. The number of hydrogen-bond acceptors (Lipinski definition) is 3. The SMILES string of the molecule is Cn1nc(C(C)(C)C)cc1SCC(=O)O. The van der Waals surface area contributed by atoms with Crippen molar-refractivity contribution in [2.75, 3.05) is 5.75 Å². The number of carboxylic acid groups (broad SMARTS) is 1. The molecule has 0 amide bonds. The van der Waals surface area contributed by atoms with E-state index in [1.807, 2.05) is 13.1 Å². The second-order valence-electron chi connectivity index (χ2n) is 4.42. The first-order valence-corrected chi connectivity index (χ1v) is 5.68. The van der Waals surface area contributed by atoms with Crippen molar-refractivity contribution < 1.29 is 9.90 Å². The monoisotopic (exact) mass is 228 g/mol. The molecule has 0 spiro atoms. The summed E-state index contributed by atoms with van der Waals surface area (Å²) in [7, 11) is 1.83. The summed E-state index contributed by atoms with van der Waals surface area (Å²) in [5.41, 5.74) is 0.984. The molecule has 1 heterocycles. The summed E-state index contributed by atoms with van der Waals surface area (Å²) in [6.45, 7) is 6.25. The molecule has 0 aliphatic heterocycles. The third-order valence-corrected chi connectivity index (χ3v) is 3.02. The van der Waals surface area contributed by atoms with E-state index < -0.39 is 5.97 Å². The molecule has 1 N–H and O–H groups in total. The number of carbonyl (C=O) groups is 1. The highest BCUT2D eigenvalue weighted by Gasteiger charge is 2.19. The molecule has 0 saturated carbocycles. The second kappa shape index (κ2) is 4.26. The molecule has 0 saturated heterocycles. The summed E-state index contributed by atoms with van der Waals surface area (Å²) in [6, 6.07) is 1.95. The highest BCUT2D eigenvalue weighted by molar-refractivity contribution is 7.99. The van der Waals surface area contributed by atoms with Gasteiger partial charge in [0.05, 0.1) is 16.5 Å². The Balaban J connectivity index is 2.82. The topological polar surface area (TPSA) is 55.1 Å². The fourth-order valence-electron chi connectivity index (χ4n) is 1.09. The zero-order valence-electron chi connectivity index (χ0n) is 9.44. The highest BCUT2D eigenvalue weighted by Crippen LogP contribution is 2.25. The van der Waals surface area contributed by atoms with Crippen molar-refractivity contribution in [3.63, 3.8) is 0 Å². The zero-order valence-corrected chi connectivity index (χ0v) is 10.3. The minimum absolute atomic E-state index is 0.000205. The van der Waals surface area contributed by atoms with Crippen LogP contribution in [0.25, 0.3) is 0 Å². The Morgan fingerprint density at radius 1 is 1.60 bits per heavy atom. The lowest BCUT2D eigenvalue weighted by molar-refractivity contribution is -0.133. The van der Waals surface area contributed by atoms with E-state index in [9.17, 15) is 4.79 Å². The number of carboxylic acids is 1. The van der Waals surface area contributed by atoms with Gasteiger partial charge < -0.3 is 5.11 Å². The Bertz CT molecular complexity index is 366. The molecule has 0 unspecified atom stereocenters. The Labute approximate surface area is 93.7 Å². The van der Waals surface area contributed by atoms with Crippen LogP contribution in [-0.4, -0.2) is 26.6 Å². The number of rotatable bonds is 3. The summed E-state index contributed by atoms with van der Waals surface area (Å²) in [4.78, 5) is 10.4. The third kappa shape index (κ3) is 3.27. The third-order valence-electron chi connectivity index (χ3n) is 1.95. The van der Waals surface area contributed by atoms with Crippen molar-refractivity contribution in [1.82, 2.24) is 9.78 Å².